The molecule has 0 atom stereocenters. The van der Waals surface area contributed by atoms with E-state index in [1.54, 1.807) is 13.0 Å². The van der Waals surface area contributed by atoms with Gasteiger partial charge in [-0.2, -0.15) is 0 Å². The number of rotatable bonds is 6. The highest BCUT2D eigenvalue weighted by atomic mass is 32.2. The van der Waals surface area contributed by atoms with Crippen LogP contribution in [0.25, 0.3) is 5.69 Å². The molecule has 3 aromatic rings. The van der Waals surface area contributed by atoms with Crippen LogP contribution in [0, 0.1) is 6.92 Å². The fourth-order valence-corrected chi connectivity index (χ4v) is 3.39. The summed E-state index contributed by atoms with van der Waals surface area (Å²) in [7, 11) is -3.87. The maximum atomic E-state index is 12.7. The molecule has 0 aliphatic rings. The second kappa shape index (κ2) is 8.38. The molecule has 8 nitrogen and oxygen atoms in total. The Morgan fingerprint density at radius 1 is 1.17 bits per heavy atom. The van der Waals surface area contributed by atoms with Crippen molar-refractivity contribution in [2.45, 2.75) is 25.2 Å². The van der Waals surface area contributed by atoms with Crippen LogP contribution < -0.4 is 10.7 Å². The first-order chi connectivity index (χ1) is 13.8. The number of aromatic amines is 1. The number of aliphatic imine (C=N–C) groups is 2. The highest BCUT2D eigenvalue weighted by molar-refractivity contribution is 7.89. The monoisotopic (exact) mass is 411 g/mol. The van der Waals surface area contributed by atoms with Gasteiger partial charge in [-0.25, -0.2) is 28.2 Å². The minimum Gasteiger partial charge on any atom is -0.295 e. The molecule has 0 spiro atoms. The second-order valence-corrected chi connectivity index (χ2v) is 7.90. The molecule has 0 amide bonds. The molecule has 3 rings (SSSR count). The van der Waals surface area contributed by atoms with Crippen molar-refractivity contribution in [1.29, 1.82) is 0 Å². The van der Waals surface area contributed by atoms with E-state index in [-0.39, 0.29) is 10.5 Å². The van der Waals surface area contributed by atoms with E-state index in [0.717, 1.165) is 17.7 Å². The van der Waals surface area contributed by atoms with Gasteiger partial charge in [-0.05, 0) is 43.2 Å². The highest BCUT2D eigenvalue weighted by Crippen LogP contribution is 2.18. The fraction of sp³-hybridized carbons (Fsp3) is 0.150. The minimum atomic E-state index is -3.87. The number of primary sulfonamides is 1. The molecule has 1 heterocycles. The number of nitrogens with zero attached hydrogens (tertiary/aromatic N) is 3. The zero-order valence-electron chi connectivity index (χ0n) is 16.0. The van der Waals surface area contributed by atoms with Crippen molar-refractivity contribution < 1.29 is 8.42 Å². The number of benzene rings is 2. The zero-order chi connectivity index (χ0) is 21.0. The number of sulfonamides is 1. The molecule has 2 aromatic carbocycles. The van der Waals surface area contributed by atoms with Crippen molar-refractivity contribution in [2.24, 2.45) is 15.1 Å². The average molecular weight is 411 g/mol. The van der Waals surface area contributed by atoms with Gasteiger partial charge in [-0.15, -0.1) is 0 Å². The molecule has 1 aromatic heterocycles. The molecule has 0 saturated carbocycles. The lowest BCUT2D eigenvalue weighted by Crippen LogP contribution is -2.18. The standard InChI is InChI=1S/C20H21N5O3S/c1-3-15-7-4-5-10-19(15)23-13-22-12-18-14(2)24-25(20(18)26)16-8-6-9-17(11-16)29(21,27)28/h4-13,24H,3H2,1-2H3,(H2,21,27,28). The van der Waals surface area contributed by atoms with E-state index < -0.39 is 10.0 Å². The summed E-state index contributed by atoms with van der Waals surface area (Å²) in [5.41, 5.74) is 2.86. The largest absolute Gasteiger partial charge is 0.295 e. The molecule has 0 saturated heterocycles. The van der Waals surface area contributed by atoms with Crippen LogP contribution in [0.2, 0.25) is 0 Å². The molecule has 0 aliphatic carbocycles. The van der Waals surface area contributed by atoms with Crippen molar-refractivity contribution >= 4 is 28.3 Å². The van der Waals surface area contributed by atoms with Gasteiger partial charge in [0.15, 0.2) is 0 Å². The van der Waals surface area contributed by atoms with Crippen LogP contribution in [0.5, 0.6) is 0 Å². The average Bonchev–Trinajstić information content (AvgIpc) is 2.99. The summed E-state index contributed by atoms with van der Waals surface area (Å²) in [6.45, 7) is 3.78. The quantitative estimate of drug-likeness (QED) is 0.478. The summed E-state index contributed by atoms with van der Waals surface area (Å²) in [6, 6.07) is 13.6. The molecule has 29 heavy (non-hydrogen) atoms. The lowest BCUT2D eigenvalue weighted by atomic mass is 10.1. The predicted molar refractivity (Wildman–Crippen MR) is 114 cm³/mol. The van der Waals surface area contributed by atoms with E-state index >= 15 is 0 Å². The Kier molecular flexibility index (Phi) is 5.90. The topological polar surface area (TPSA) is 123 Å². The highest BCUT2D eigenvalue weighted by Gasteiger charge is 2.13. The van der Waals surface area contributed by atoms with Crippen LogP contribution in [-0.2, 0) is 16.4 Å². The number of hydrogen-bond donors (Lipinski definition) is 2. The van der Waals surface area contributed by atoms with Crippen LogP contribution in [0.15, 0.2) is 68.2 Å². The fourth-order valence-electron chi connectivity index (χ4n) is 2.83. The molecule has 0 unspecified atom stereocenters. The predicted octanol–water partition coefficient (Wildman–Crippen LogP) is 2.46. The van der Waals surface area contributed by atoms with Crippen molar-refractivity contribution in [3.63, 3.8) is 0 Å². The lowest BCUT2D eigenvalue weighted by Gasteiger charge is -2.03. The number of nitrogens with two attached hydrogens (primary N) is 1. The van der Waals surface area contributed by atoms with Gasteiger partial charge >= 0.3 is 0 Å². The van der Waals surface area contributed by atoms with Gasteiger partial charge in [-0.3, -0.25) is 9.89 Å². The van der Waals surface area contributed by atoms with Gasteiger partial charge in [0, 0.05) is 11.9 Å². The number of aryl methyl sites for hydroxylation is 2. The Morgan fingerprint density at radius 2 is 1.93 bits per heavy atom. The summed E-state index contributed by atoms with van der Waals surface area (Å²) in [5, 5.41) is 8.08. The van der Waals surface area contributed by atoms with E-state index in [9.17, 15) is 13.2 Å². The van der Waals surface area contributed by atoms with E-state index in [0.29, 0.717) is 16.9 Å². The molecular weight excluding hydrogens is 390 g/mol. The van der Waals surface area contributed by atoms with Crippen LogP contribution in [0.4, 0.5) is 5.69 Å². The molecule has 3 N–H and O–H groups in total. The molecule has 0 bridgehead atoms. The van der Waals surface area contributed by atoms with Gasteiger partial charge in [0.1, 0.15) is 6.34 Å². The van der Waals surface area contributed by atoms with Gasteiger partial charge in [0.2, 0.25) is 10.0 Å². The van der Waals surface area contributed by atoms with Crippen molar-refractivity contribution in [3.05, 3.63) is 75.7 Å². The molecule has 9 heteroatoms. The van der Waals surface area contributed by atoms with E-state index in [4.69, 9.17) is 5.14 Å². The van der Waals surface area contributed by atoms with Crippen molar-refractivity contribution in [2.75, 3.05) is 0 Å². The lowest BCUT2D eigenvalue weighted by molar-refractivity contribution is 0.597. The Morgan fingerprint density at radius 3 is 2.66 bits per heavy atom. The SMILES string of the molecule is CCc1ccccc1N=CN=Cc1c(C)[nH]n(-c2cccc(S(N)(=O)=O)c2)c1=O. The molecular formula is C20H21N5O3S. The summed E-state index contributed by atoms with van der Waals surface area (Å²) < 4.78 is 24.4. The maximum Gasteiger partial charge on any atom is 0.280 e. The summed E-state index contributed by atoms with van der Waals surface area (Å²) in [6.07, 6.45) is 3.68. The maximum absolute atomic E-state index is 12.7. The van der Waals surface area contributed by atoms with Crippen LogP contribution in [-0.4, -0.2) is 30.8 Å². The van der Waals surface area contributed by atoms with Gasteiger partial charge < -0.3 is 0 Å². The summed E-state index contributed by atoms with van der Waals surface area (Å²) in [4.78, 5) is 21.1. The number of hydrogen-bond acceptors (Lipinski definition) is 4. The zero-order valence-corrected chi connectivity index (χ0v) is 16.8. The Balaban J connectivity index is 1.90. The number of para-hydroxylation sites is 1. The van der Waals surface area contributed by atoms with Crippen LogP contribution in [0.1, 0.15) is 23.7 Å². The molecule has 0 fully saturated rings. The third-order valence-electron chi connectivity index (χ3n) is 4.36. The van der Waals surface area contributed by atoms with Crippen LogP contribution in [0.3, 0.4) is 0 Å². The third-order valence-corrected chi connectivity index (χ3v) is 5.27. The number of nitrogens with one attached hydrogen (secondary N) is 1. The van der Waals surface area contributed by atoms with E-state index in [2.05, 4.69) is 15.1 Å². The first kappa shape index (κ1) is 20.4. The minimum absolute atomic E-state index is 0.0777. The van der Waals surface area contributed by atoms with E-state index in [1.165, 1.54) is 35.4 Å². The van der Waals surface area contributed by atoms with Crippen molar-refractivity contribution in [3.8, 4) is 5.69 Å². The van der Waals surface area contributed by atoms with E-state index in [1.807, 2.05) is 31.2 Å². The van der Waals surface area contributed by atoms with Crippen molar-refractivity contribution in [1.82, 2.24) is 9.78 Å². The van der Waals surface area contributed by atoms with Gasteiger partial charge in [0.25, 0.3) is 5.56 Å². The smallest absolute Gasteiger partial charge is 0.280 e. The first-order valence-electron chi connectivity index (χ1n) is 8.89. The third kappa shape index (κ3) is 4.58. The summed E-state index contributed by atoms with van der Waals surface area (Å²) in [5.74, 6) is 0. The first-order valence-corrected chi connectivity index (χ1v) is 10.4. The molecule has 150 valence electrons. The van der Waals surface area contributed by atoms with Gasteiger partial charge in [-0.1, -0.05) is 31.2 Å². The summed E-state index contributed by atoms with van der Waals surface area (Å²) >= 11 is 0. The molecule has 0 radical (unpaired) electrons. The Hall–Kier alpha value is -3.30. The Labute approximate surface area is 168 Å². The normalized spacial score (nSPS) is 12.2. The van der Waals surface area contributed by atoms with Crippen LogP contribution >= 0.6 is 0 Å². The number of H-pyrrole nitrogens is 1. The second-order valence-electron chi connectivity index (χ2n) is 6.34. The molecule has 0 aliphatic heterocycles. The number of aromatic nitrogens is 2. The Bertz CT molecular complexity index is 1250. The van der Waals surface area contributed by atoms with Gasteiger partial charge in [0.05, 0.1) is 21.8 Å².